The van der Waals surface area contributed by atoms with Crippen LogP contribution in [0.15, 0.2) is 60.9 Å². The summed E-state index contributed by atoms with van der Waals surface area (Å²) in [7, 11) is 0. The number of carbonyl (C=O) groups excluding carboxylic acids is 1. The number of halogens is 1. The van der Waals surface area contributed by atoms with Crippen molar-refractivity contribution in [3.05, 3.63) is 71.5 Å². The second-order valence-electron chi connectivity index (χ2n) is 7.82. The van der Waals surface area contributed by atoms with Crippen LogP contribution >= 0.6 is 11.6 Å². The van der Waals surface area contributed by atoms with E-state index < -0.39 is 5.41 Å². The number of aromatic nitrogens is 6. The quantitative estimate of drug-likeness (QED) is 0.460. The Hall–Kier alpha value is -3.52. The average molecular weight is 436 g/mol. The van der Waals surface area contributed by atoms with Crippen LogP contribution in [0, 0.1) is 5.41 Å². The Balaban J connectivity index is 1.40. The molecule has 0 spiro atoms. The zero-order valence-corrected chi connectivity index (χ0v) is 18.0. The van der Waals surface area contributed by atoms with Gasteiger partial charge in [0.25, 0.3) is 0 Å². The molecule has 0 aliphatic carbocycles. The molecule has 1 amide bonds. The number of nitrogens with zero attached hydrogens (tertiary/aromatic N) is 5. The highest BCUT2D eigenvalue weighted by atomic mass is 35.5. The van der Waals surface area contributed by atoms with Crippen molar-refractivity contribution < 1.29 is 4.79 Å². The fraction of sp³-hybridized carbons (Fsp3) is 0.227. The van der Waals surface area contributed by atoms with Gasteiger partial charge in [0.05, 0.1) is 12.0 Å². The van der Waals surface area contributed by atoms with Crippen molar-refractivity contribution in [3.63, 3.8) is 0 Å². The van der Waals surface area contributed by atoms with Crippen molar-refractivity contribution in [2.75, 3.05) is 0 Å². The molecule has 0 fully saturated rings. The van der Waals surface area contributed by atoms with Gasteiger partial charge in [0.15, 0.2) is 0 Å². The molecule has 2 heterocycles. The Bertz CT molecular complexity index is 1170. The van der Waals surface area contributed by atoms with E-state index >= 15 is 0 Å². The number of imidazole rings is 1. The molecule has 0 atom stereocenters. The smallest absolute Gasteiger partial charge is 0.227 e. The highest BCUT2D eigenvalue weighted by Crippen LogP contribution is 2.22. The lowest BCUT2D eigenvalue weighted by Crippen LogP contribution is -2.39. The fourth-order valence-corrected chi connectivity index (χ4v) is 3.31. The first-order valence-electron chi connectivity index (χ1n) is 9.82. The molecule has 0 saturated heterocycles. The molecule has 2 aromatic heterocycles. The van der Waals surface area contributed by atoms with Crippen LogP contribution in [0.5, 0.6) is 0 Å². The summed E-state index contributed by atoms with van der Waals surface area (Å²) in [5.74, 6) is 1.18. The van der Waals surface area contributed by atoms with E-state index in [0.717, 1.165) is 22.5 Å². The predicted molar refractivity (Wildman–Crippen MR) is 118 cm³/mol. The van der Waals surface area contributed by atoms with Crippen LogP contribution < -0.4 is 5.32 Å². The first-order chi connectivity index (χ1) is 14.9. The monoisotopic (exact) mass is 435 g/mol. The third kappa shape index (κ3) is 4.80. The average Bonchev–Trinajstić information content (AvgIpc) is 3.45. The summed E-state index contributed by atoms with van der Waals surface area (Å²) in [4.78, 5) is 21.5. The Morgan fingerprint density at radius 3 is 2.58 bits per heavy atom. The Labute approximate surface area is 184 Å². The van der Waals surface area contributed by atoms with Gasteiger partial charge in [0, 0.05) is 35.1 Å². The van der Waals surface area contributed by atoms with Crippen LogP contribution in [0.2, 0.25) is 5.02 Å². The number of H-pyrrole nitrogens is 1. The van der Waals surface area contributed by atoms with Gasteiger partial charge in [-0.15, -0.1) is 10.2 Å². The SMILES string of the molecule is CC(C)(Cn1nnc(-c2ccc(-c3ncc[nH]3)cc2)n1)C(=O)NCc1ccccc1Cl. The lowest BCUT2D eigenvalue weighted by atomic mass is 9.92. The largest absolute Gasteiger partial charge is 0.351 e. The van der Waals surface area contributed by atoms with E-state index in [9.17, 15) is 4.79 Å². The first kappa shape index (κ1) is 20.7. The maximum absolute atomic E-state index is 12.7. The van der Waals surface area contributed by atoms with Crippen LogP contribution in [0.4, 0.5) is 0 Å². The first-order valence-corrected chi connectivity index (χ1v) is 10.2. The van der Waals surface area contributed by atoms with Gasteiger partial charge in [-0.2, -0.15) is 4.80 Å². The molecule has 4 rings (SSSR count). The second kappa shape index (κ2) is 8.69. The number of carbonyl (C=O) groups is 1. The van der Waals surface area contributed by atoms with E-state index in [0.29, 0.717) is 23.9 Å². The van der Waals surface area contributed by atoms with Crippen LogP contribution in [0.25, 0.3) is 22.8 Å². The summed E-state index contributed by atoms with van der Waals surface area (Å²) in [6, 6.07) is 15.2. The summed E-state index contributed by atoms with van der Waals surface area (Å²) in [6.45, 7) is 4.34. The van der Waals surface area contributed by atoms with Crippen LogP contribution in [0.1, 0.15) is 19.4 Å². The van der Waals surface area contributed by atoms with E-state index in [1.807, 2.05) is 56.3 Å². The fourth-order valence-electron chi connectivity index (χ4n) is 3.11. The zero-order chi connectivity index (χ0) is 21.8. The minimum absolute atomic E-state index is 0.117. The topological polar surface area (TPSA) is 101 Å². The minimum atomic E-state index is -0.734. The highest BCUT2D eigenvalue weighted by molar-refractivity contribution is 6.31. The second-order valence-corrected chi connectivity index (χ2v) is 8.22. The van der Waals surface area contributed by atoms with Crippen LogP contribution in [0.3, 0.4) is 0 Å². The Morgan fingerprint density at radius 2 is 1.87 bits per heavy atom. The number of hydrogen-bond acceptors (Lipinski definition) is 5. The normalized spacial score (nSPS) is 11.5. The molecule has 158 valence electrons. The van der Waals surface area contributed by atoms with Crippen molar-refractivity contribution in [2.24, 2.45) is 5.41 Å². The standard InChI is InChI=1S/C22H22ClN7O/c1-22(2,21(31)26-13-17-5-3-4-6-18(17)23)14-30-28-20(27-29-30)16-9-7-15(8-10-16)19-24-11-12-25-19/h3-12H,13-14H2,1-2H3,(H,24,25)(H,26,31). The van der Waals surface area contributed by atoms with E-state index in [-0.39, 0.29) is 5.91 Å². The number of rotatable bonds is 7. The molecule has 0 unspecified atom stereocenters. The molecular weight excluding hydrogens is 414 g/mol. The number of tetrazole rings is 1. The highest BCUT2D eigenvalue weighted by Gasteiger charge is 2.29. The summed E-state index contributed by atoms with van der Waals surface area (Å²) in [5, 5.41) is 16.3. The maximum Gasteiger partial charge on any atom is 0.227 e. The van der Waals surface area contributed by atoms with E-state index in [1.54, 1.807) is 18.5 Å². The molecule has 0 aliphatic heterocycles. The Morgan fingerprint density at radius 1 is 1.13 bits per heavy atom. The van der Waals surface area contributed by atoms with E-state index in [1.165, 1.54) is 4.80 Å². The molecule has 0 aliphatic rings. The lowest BCUT2D eigenvalue weighted by Gasteiger charge is -2.22. The number of nitrogens with one attached hydrogen (secondary N) is 2. The molecule has 0 saturated carbocycles. The summed E-state index contributed by atoms with van der Waals surface area (Å²) in [5.41, 5.74) is 1.94. The third-order valence-corrected chi connectivity index (χ3v) is 5.28. The predicted octanol–water partition coefficient (Wildman–Crippen LogP) is 3.73. The molecule has 2 N–H and O–H groups in total. The van der Waals surface area contributed by atoms with E-state index in [4.69, 9.17) is 11.6 Å². The summed E-state index contributed by atoms with van der Waals surface area (Å²) < 4.78 is 0. The molecule has 0 bridgehead atoms. The molecular formula is C22H22ClN7O. The van der Waals surface area contributed by atoms with Gasteiger partial charge < -0.3 is 10.3 Å². The van der Waals surface area contributed by atoms with E-state index in [2.05, 4.69) is 30.7 Å². The van der Waals surface area contributed by atoms with Gasteiger partial charge >= 0.3 is 0 Å². The maximum atomic E-state index is 12.7. The lowest BCUT2D eigenvalue weighted by molar-refractivity contribution is -0.130. The van der Waals surface area contributed by atoms with Crippen molar-refractivity contribution >= 4 is 17.5 Å². The van der Waals surface area contributed by atoms with Crippen LogP contribution in [-0.2, 0) is 17.9 Å². The van der Waals surface area contributed by atoms with Crippen molar-refractivity contribution in [3.8, 4) is 22.8 Å². The number of hydrogen-bond donors (Lipinski definition) is 2. The molecule has 31 heavy (non-hydrogen) atoms. The number of amides is 1. The molecule has 8 nitrogen and oxygen atoms in total. The van der Waals surface area contributed by atoms with Gasteiger partial charge in [0.2, 0.25) is 11.7 Å². The molecule has 0 radical (unpaired) electrons. The van der Waals surface area contributed by atoms with Gasteiger partial charge in [-0.3, -0.25) is 4.79 Å². The summed E-state index contributed by atoms with van der Waals surface area (Å²) >= 11 is 6.16. The number of benzene rings is 2. The Kier molecular flexibility index (Phi) is 5.81. The van der Waals surface area contributed by atoms with Gasteiger partial charge in [-0.05, 0) is 30.7 Å². The van der Waals surface area contributed by atoms with Gasteiger partial charge in [-0.25, -0.2) is 4.98 Å². The van der Waals surface area contributed by atoms with Crippen molar-refractivity contribution in [1.29, 1.82) is 0 Å². The zero-order valence-electron chi connectivity index (χ0n) is 17.2. The van der Waals surface area contributed by atoms with Crippen molar-refractivity contribution in [1.82, 2.24) is 35.5 Å². The molecule has 4 aromatic rings. The van der Waals surface area contributed by atoms with Crippen LogP contribution in [-0.4, -0.2) is 36.1 Å². The number of aromatic amines is 1. The molecule has 2 aromatic carbocycles. The third-order valence-electron chi connectivity index (χ3n) is 4.92. The van der Waals surface area contributed by atoms with Crippen molar-refractivity contribution in [2.45, 2.75) is 26.9 Å². The van der Waals surface area contributed by atoms with Gasteiger partial charge in [0.1, 0.15) is 5.82 Å². The summed E-state index contributed by atoms with van der Waals surface area (Å²) in [6.07, 6.45) is 3.49. The minimum Gasteiger partial charge on any atom is -0.351 e. The van der Waals surface area contributed by atoms with Gasteiger partial charge in [-0.1, -0.05) is 54.1 Å². The molecule has 9 heteroatoms.